The lowest BCUT2D eigenvalue weighted by molar-refractivity contribution is -0.161. The van der Waals surface area contributed by atoms with Gasteiger partial charge in [0.2, 0.25) is 0 Å². The Kier molecular flexibility index (Phi) is 36.9. The van der Waals surface area contributed by atoms with Crippen molar-refractivity contribution >= 4 is 25.5 Å². The van der Waals surface area contributed by atoms with Gasteiger partial charge in [0.15, 0.2) is 11.9 Å². The van der Waals surface area contributed by atoms with Gasteiger partial charge in [-0.25, -0.2) is 4.57 Å². The van der Waals surface area contributed by atoms with Crippen LogP contribution in [0.2, 0.25) is 0 Å². The molecule has 0 aromatic heterocycles. The van der Waals surface area contributed by atoms with Crippen molar-refractivity contribution in [1.82, 2.24) is 0 Å². The molecule has 0 spiro atoms. The summed E-state index contributed by atoms with van der Waals surface area (Å²) in [6, 6.07) is 0. The van der Waals surface area contributed by atoms with Crippen molar-refractivity contribution in [2.45, 2.75) is 161 Å². The van der Waals surface area contributed by atoms with Gasteiger partial charge in [-0.2, -0.15) is 0 Å². The van der Waals surface area contributed by atoms with Crippen LogP contribution in [0.1, 0.15) is 149 Å². The first-order valence-electron chi connectivity index (χ1n) is 20.9. The lowest BCUT2D eigenvalue weighted by Crippen LogP contribution is -2.30. The first-order chi connectivity index (χ1) is 27.1. The Hall–Kier alpha value is -2.92. The zero-order valence-electron chi connectivity index (χ0n) is 34.3. The lowest BCUT2D eigenvalue weighted by atomic mass is 10.1. The number of hydrogen-bond acceptors (Lipinski definition) is 10. The number of hydrogen-bond donors (Lipinski definition) is 3. The van der Waals surface area contributed by atoms with Crippen LogP contribution >= 0.6 is 7.82 Å². The van der Waals surface area contributed by atoms with Gasteiger partial charge >= 0.3 is 19.8 Å². The Morgan fingerprint density at radius 3 is 1.82 bits per heavy atom. The highest BCUT2D eigenvalue weighted by atomic mass is 31.2. The Morgan fingerprint density at radius 2 is 1.12 bits per heavy atom. The van der Waals surface area contributed by atoms with Crippen LogP contribution in [0.3, 0.4) is 0 Å². The summed E-state index contributed by atoms with van der Waals surface area (Å²) in [5.41, 5.74) is 0. The van der Waals surface area contributed by atoms with Crippen LogP contribution in [-0.4, -0.2) is 71.5 Å². The Labute approximate surface area is 337 Å². The van der Waals surface area contributed by atoms with Gasteiger partial charge in [-0.3, -0.25) is 23.4 Å². The molecule has 56 heavy (non-hydrogen) atoms. The molecule has 0 aliphatic rings. The monoisotopic (exact) mass is 808 g/mol. The second kappa shape index (κ2) is 38.9. The number of esters is 2. The molecule has 12 heteroatoms. The van der Waals surface area contributed by atoms with Gasteiger partial charge in [-0.15, -0.1) is 0 Å². The topological polar surface area (TPSA) is 166 Å². The highest BCUT2D eigenvalue weighted by Crippen LogP contribution is 2.43. The zero-order valence-corrected chi connectivity index (χ0v) is 35.2. The summed E-state index contributed by atoms with van der Waals surface area (Å²) in [5, 5.41) is 18.3. The highest BCUT2D eigenvalue weighted by molar-refractivity contribution is 7.47. The third-order valence-corrected chi connectivity index (χ3v) is 9.29. The quantitative estimate of drug-likeness (QED) is 0.0136. The van der Waals surface area contributed by atoms with E-state index in [1.54, 1.807) is 12.2 Å². The summed E-state index contributed by atoms with van der Waals surface area (Å²) < 4.78 is 32.4. The standard InChI is InChI=1S/C44H73O11P/c1-3-5-7-9-11-13-15-17-18-20-22-24-26-28-30-34-43(48)52-38-42(39-54-56(50,51)53-37-41(47)36-45)55-44(49)35-31-33-40(46)32-29-27-25-23-21-19-16-14-12-10-8-6-4-2/h12-15,17-19,21,25,27,29,32,41-42,45,47H,3-11,16,20,22-24,26,28,30-31,33-39H2,1-2H3,(H,50,51)/b14-12-,15-13-,18-17-,21-19-,27-25-,32-29+/t41-,42+/m0/s1. The van der Waals surface area contributed by atoms with Gasteiger partial charge in [-0.1, -0.05) is 132 Å². The molecule has 0 aromatic carbocycles. The Morgan fingerprint density at radius 1 is 0.589 bits per heavy atom. The number of ether oxygens (including phenoxy) is 2. The van der Waals surface area contributed by atoms with Crippen LogP contribution in [-0.2, 0) is 37.5 Å². The molecule has 11 nitrogen and oxygen atoms in total. The van der Waals surface area contributed by atoms with Gasteiger partial charge in [0.25, 0.3) is 0 Å². The van der Waals surface area contributed by atoms with Crippen LogP contribution in [0, 0.1) is 0 Å². The molecule has 3 N–H and O–H groups in total. The number of ketones is 1. The number of carbonyl (C=O) groups is 3. The second-order valence-electron chi connectivity index (χ2n) is 13.7. The molecular weight excluding hydrogens is 735 g/mol. The van der Waals surface area contributed by atoms with Crippen LogP contribution < -0.4 is 0 Å². The summed E-state index contributed by atoms with van der Waals surface area (Å²) in [6.45, 7) is 2.01. The van der Waals surface area contributed by atoms with Gasteiger partial charge in [0, 0.05) is 19.3 Å². The number of rotatable bonds is 38. The van der Waals surface area contributed by atoms with Crippen LogP contribution in [0.15, 0.2) is 72.9 Å². The first kappa shape index (κ1) is 53.1. The fourth-order valence-electron chi connectivity index (χ4n) is 5.05. The largest absolute Gasteiger partial charge is 0.472 e. The van der Waals surface area contributed by atoms with Crippen molar-refractivity contribution in [3.8, 4) is 0 Å². The maximum absolute atomic E-state index is 12.6. The van der Waals surface area contributed by atoms with Crippen molar-refractivity contribution in [3.63, 3.8) is 0 Å². The SMILES string of the molecule is CCCCC/C=C\C/C=C\C/C=C\C=C\C(=O)CCCC(=O)O[C@H](COC(=O)CCCCCCC/C=C\C=C/CCCCCC)COP(=O)(O)OC[C@@H](O)CO. The highest BCUT2D eigenvalue weighted by Gasteiger charge is 2.27. The van der Waals surface area contributed by atoms with Crippen LogP contribution in [0.4, 0.5) is 0 Å². The fourth-order valence-corrected chi connectivity index (χ4v) is 5.84. The molecule has 320 valence electrons. The van der Waals surface area contributed by atoms with E-state index >= 15 is 0 Å². The predicted molar refractivity (Wildman–Crippen MR) is 224 cm³/mol. The van der Waals surface area contributed by atoms with E-state index in [4.69, 9.17) is 19.1 Å². The first-order valence-corrected chi connectivity index (χ1v) is 22.4. The van der Waals surface area contributed by atoms with Crippen molar-refractivity contribution in [2.75, 3.05) is 26.4 Å². The van der Waals surface area contributed by atoms with Crippen molar-refractivity contribution < 1.29 is 52.6 Å². The average molecular weight is 809 g/mol. The van der Waals surface area contributed by atoms with E-state index in [0.717, 1.165) is 57.8 Å². The van der Waals surface area contributed by atoms with Crippen LogP contribution in [0.5, 0.6) is 0 Å². The minimum atomic E-state index is -4.69. The number of phosphoric acid groups is 1. The fraction of sp³-hybridized carbons (Fsp3) is 0.659. The third-order valence-electron chi connectivity index (χ3n) is 8.34. The number of aliphatic hydroxyl groups is 2. The smallest absolute Gasteiger partial charge is 0.462 e. The summed E-state index contributed by atoms with van der Waals surface area (Å²) in [4.78, 5) is 47.1. The molecule has 0 aliphatic carbocycles. The molecule has 0 radical (unpaired) electrons. The number of allylic oxidation sites excluding steroid dienone is 12. The van der Waals surface area contributed by atoms with Crippen molar-refractivity contribution in [2.24, 2.45) is 0 Å². The maximum atomic E-state index is 12.6. The van der Waals surface area contributed by atoms with E-state index < -0.39 is 58.4 Å². The summed E-state index contributed by atoms with van der Waals surface area (Å²) in [7, 11) is -4.69. The van der Waals surface area contributed by atoms with Crippen LogP contribution in [0.25, 0.3) is 0 Å². The lowest BCUT2D eigenvalue weighted by Gasteiger charge is -2.20. The average Bonchev–Trinajstić information content (AvgIpc) is 3.18. The predicted octanol–water partition coefficient (Wildman–Crippen LogP) is 10.1. The normalized spacial score (nSPS) is 14.5. The minimum absolute atomic E-state index is 0.111. The summed E-state index contributed by atoms with van der Waals surface area (Å²) in [5.74, 6) is -1.36. The number of carbonyl (C=O) groups excluding carboxylic acids is 3. The molecule has 0 aliphatic heterocycles. The Bertz CT molecular complexity index is 1220. The molecule has 1 unspecified atom stereocenters. The molecule has 0 amide bonds. The molecule has 3 atom stereocenters. The van der Waals surface area contributed by atoms with E-state index in [2.05, 4.69) is 67.0 Å². The van der Waals surface area contributed by atoms with Gasteiger partial charge in [-0.05, 0) is 70.3 Å². The minimum Gasteiger partial charge on any atom is -0.462 e. The van der Waals surface area contributed by atoms with E-state index in [1.807, 2.05) is 6.08 Å². The molecular formula is C44H73O11P. The van der Waals surface area contributed by atoms with Gasteiger partial charge in [0.05, 0.1) is 19.8 Å². The van der Waals surface area contributed by atoms with Gasteiger partial charge in [0.1, 0.15) is 12.7 Å². The van der Waals surface area contributed by atoms with E-state index in [1.165, 1.54) is 51.0 Å². The third kappa shape index (κ3) is 38.0. The van der Waals surface area contributed by atoms with E-state index in [0.29, 0.717) is 6.42 Å². The molecule has 0 heterocycles. The Balaban J connectivity index is 4.58. The second-order valence-corrected chi connectivity index (χ2v) is 15.2. The van der Waals surface area contributed by atoms with Gasteiger partial charge < -0.3 is 24.6 Å². The molecule has 0 rings (SSSR count). The molecule has 0 saturated carbocycles. The maximum Gasteiger partial charge on any atom is 0.472 e. The van der Waals surface area contributed by atoms with Crippen molar-refractivity contribution in [3.05, 3.63) is 72.9 Å². The zero-order chi connectivity index (χ0) is 41.4. The van der Waals surface area contributed by atoms with E-state index in [-0.39, 0.29) is 31.5 Å². The number of unbranched alkanes of at least 4 members (excludes halogenated alkanes) is 12. The molecule has 0 bridgehead atoms. The summed E-state index contributed by atoms with van der Waals surface area (Å²) >= 11 is 0. The molecule has 0 fully saturated rings. The number of aliphatic hydroxyl groups excluding tert-OH is 2. The number of phosphoric ester groups is 1. The van der Waals surface area contributed by atoms with Crippen molar-refractivity contribution in [1.29, 1.82) is 0 Å². The summed E-state index contributed by atoms with van der Waals surface area (Å²) in [6.07, 6.45) is 40.1. The van der Waals surface area contributed by atoms with E-state index in [9.17, 15) is 28.9 Å². The molecule has 0 saturated heterocycles. The molecule has 0 aromatic rings.